The van der Waals surface area contributed by atoms with Crippen LogP contribution >= 0.6 is 23.5 Å². The van der Waals surface area contributed by atoms with Crippen LogP contribution in [0.15, 0.2) is 95.4 Å². The summed E-state index contributed by atoms with van der Waals surface area (Å²) < 4.78 is 7.59. The fourth-order valence-corrected chi connectivity index (χ4v) is 7.11. The van der Waals surface area contributed by atoms with Gasteiger partial charge >= 0.3 is 11.9 Å². The van der Waals surface area contributed by atoms with E-state index in [0.29, 0.717) is 22.1 Å². The summed E-state index contributed by atoms with van der Waals surface area (Å²) in [5.41, 5.74) is 8.81. The third-order valence-electron chi connectivity index (χ3n) is 6.70. The van der Waals surface area contributed by atoms with Gasteiger partial charge in [-0.15, -0.1) is 23.5 Å². The zero-order valence-corrected chi connectivity index (χ0v) is 22.5. The molecular formula is C28H23N5O5S2. The summed E-state index contributed by atoms with van der Waals surface area (Å²) in [7, 11) is 0. The zero-order chi connectivity index (χ0) is 27.8. The van der Waals surface area contributed by atoms with Crippen LogP contribution in [-0.4, -0.2) is 65.4 Å². The summed E-state index contributed by atoms with van der Waals surface area (Å²) in [6.07, 6.45) is 2.10. The molecule has 6 rings (SSSR count). The van der Waals surface area contributed by atoms with E-state index in [9.17, 15) is 19.5 Å². The van der Waals surface area contributed by atoms with Crippen LogP contribution in [-0.2, 0) is 14.3 Å². The third-order valence-corrected chi connectivity index (χ3v) is 9.16. The Bertz CT molecular complexity index is 1600. The topological polar surface area (TPSA) is 140 Å². The maximum Gasteiger partial charge on any atom is 0.356 e. The molecule has 12 heteroatoms. The van der Waals surface area contributed by atoms with Crippen molar-refractivity contribution in [2.24, 2.45) is 5.73 Å². The highest BCUT2D eigenvalue weighted by molar-refractivity contribution is 8.01. The SMILES string of the molecule is NC1C(=O)N2C(C(=O)OC(c3ccccc3)c3ccccc3)=C(CSc3ccnc4c(C(=O)O)cnn34)CS[C@H]12. The van der Waals surface area contributed by atoms with Crippen LogP contribution in [0, 0.1) is 0 Å². The summed E-state index contributed by atoms with van der Waals surface area (Å²) in [6.45, 7) is 0. The Morgan fingerprint density at radius 1 is 1.10 bits per heavy atom. The number of carbonyl (C=O) groups is 3. The van der Waals surface area contributed by atoms with Crippen LogP contribution in [0.25, 0.3) is 5.65 Å². The number of aromatic carboxylic acids is 1. The second-order valence-corrected chi connectivity index (χ2v) is 11.3. The number of hydrogen-bond acceptors (Lipinski definition) is 9. The van der Waals surface area contributed by atoms with Crippen LogP contribution in [0.5, 0.6) is 0 Å². The van der Waals surface area contributed by atoms with Crippen molar-refractivity contribution >= 4 is 47.0 Å². The van der Waals surface area contributed by atoms with Crippen LogP contribution in [0.3, 0.4) is 0 Å². The molecule has 2 atom stereocenters. The first-order valence-electron chi connectivity index (χ1n) is 12.4. The molecule has 2 aromatic carbocycles. The number of ether oxygens (including phenoxy) is 1. The molecule has 202 valence electrons. The molecule has 1 amide bonds. The number of fused-ring (bicyclic) bond motifs is 2. The normalized spacial score (nSPS) is 18.6. The molecule has 10 nitrogen and oxygen atoms in total. The average molecular weight is 574 g/mol. The van der Waals surface area contributed by atoms with E-state index in [1.807, 2.05) is 60.7 Å². The molecule has 4 heterocycles. The first-order chi connectivity index (χ1) is 19.4. The maximum atomic E-state index is 13.9. The maximum absolute atomic E-state index is 13.9. The van der Waals surface area contributed by atoms with E-state index in [1.165, 1.54) is 45.3 Å². The van der Waals surface area contributed by atoms with Gasteiger partial charge in [0, 0.05) is 17.7 Å². The van der Waals surface area contributed by atoms with Crippen LogP contribution in [0.1, 0.15) is 27.6 Å². The number of nitrogens with zero attached hydrogens (tertiary/aromatic N) is 4. The molecule has 0 aliphatic carbocycles. The quantitative estimate of drug-likeness (QED) is 0.140. The fourth-order valence-electron chi connectivity index (χ4n) is 4.72. The molecule has 0 radical (unpaired) electrons. The number of esters is 1. The Balaban J connectivity index is 1.34. The molecule has 0 spiro atoms. The van der Waals surface area contributed by atoms with Gasteiger partial charge in [-0.3, -0.25) is 9.69 Å². The summed E-state index contributed by atoms with van der Waals surface area (Å²) in [5, 5.41) is 13.9. The van der Waals surface area contributed by atoms with E-state index in [-0.39, 0.29) is 28.2 Å². The van der Waals surface area contributed by atoms with Gasteiger partial charge in [0.2, 0.25) is 5.91 Å². The van der Waals surface area contributed by atoms with Crippen molar-refractivity contribution in [2.45, 2.75) is 22.5 Å². The third kappa shape index (κ3) is 4.63. The summed E-state index contributed by atoms with van der Waals surface area (Å²) in [6, 6.07) is 19.9. The highest BCUT2D eigenvalue weighted by Crippen LogP contribution is 2.42. The molecule has 1 unspecified atom stereocenters. The van der Waals surface area contributed by atoms with Crippen molar-refractivity contribution in [1.82, 2.24) is 19.5 Å². The fraction of sp³-hybridized carbons (Fsp3) is 0.179. The number of nitrogens with two attached hydrogens (primary N) is 1. The van der Waals surface area contributed by atoms with E-state index < -0.39 is 24.1 Å². The first kappa shape index (κ1) is 26.1. The summed E-state index contributed by atoms with van der Waals surface area (Å²) in [4.78, 5) is 43.9. The van der Waals surface area contributed by atoms with Crippen LogP contribution in [0.4, 0.5) is 0 Å². The average Bonchev–Trinajstić information content (AvgIpc) is 3.44. The molecule has 1 saturated heterocycles. The highest BCUT2D eigenvalue weighted by atomic mass is 32.2. The van der Waals surface area contributed by atoms with Gasteiger partial charge in [0.05, 0.1) is 6.20 Å². The number of aromatic nitrogens is 3. The second-order valence-electron chi connectivity index (χ2n) is 9.17. The largest absolute Gasteiger partial charge is 0.477 e. The van der Waals surface area contributed by atoms with E-state index in [2.05, 4.69) is 10.1 Å². The number of carboxylic acid groups (broad SMARTS) is 1. The van der Waals surface area contributed by atoms with Gasteiger partial charge in [-0.05, 0) is 22.8 Å². The predicted molar refractivity (Wildman–Crippen MR) is 150 cm³/mol. The number of carboxylic acids is 1. The van der Waals surface area contributed by atoms with Crippen molar-refractivity contribution in [3.8, 4) is 0 Å². The van der Waals surface area contributed by atoms with E-state index >= 15 is 0 Å². The molecule has 2 aromatic heterocycles. The van der Waals surface area contributed by atoms with Gasteiger partial charge in [0.25, 0.3) is 0 Å². The molecule has 2 aliphatic rings. The van der Waals surface area contributed by atoms with Gasteiger partial charge in [-0.25, -0.2) is 19.1 Å². The van der Waals surface area contributed by atoms with Gasteiger partial charge in [-0.1, -0.05) is 60.7 Å². The van der Waals surface area contributed by atoms with Crippen molar-refractivity contribution in [1.29, 1.82) is 0 Å². The Morgan fingerprint density at radius 3 is 2.42 bits per heavy atom. The van der Waals surface area contributed by atoms with Crippen LogP contribution in [0.2, 0.25) is 0 Å². The van der Waals surface area contributed by atoms with Gasteiger partial charge in [-0.2, -0.15) is 5.10 Å². The van der Waals surface area contributed by atoms with Gasteiger partial charge < -0.3 is 15.6 Å². The molecule has 0 bridgehead atoms. The van der Waals surface area contributed by atoms with E-state index in [0.717, 1.165) is 11.1 Å². The Labute approximate surface area is 237 Å². The number of amides is 1. The molecule has 40 heavy (non-hydrogen) atoms. The Kier molecular flexibility index (Phi) is 7.05. The number of carbonyl (C=O) groups excluding carboxylic acids is 2. The summed E-state index contributed by atoms with van der Waals surface area (Å²) in [5.74, 6) is -1.23. The van der Waals surface area contributed by atoms with E-state index in [4.69, 9.17) is 10.5 Å². The minimum Gasteiger partial charge on any atom is -0.477 e. The zero-order valence-electron chi connectivity index (χ0n) is 20.9. The number of β-lactam (4-membered cyclic amide) rings is 1. The molecule has 1 fully saturated rings. The second kappa shape index (κ2) is 10.8. The van der Waals surface area contributed by atoms with Gasteiger partial charge in [0.15, 0.2) is 11.8 Å². The summed E-state index contributed by atoms with van der Waals surface area (Å²) >= 11 is 2.86. The Hall–Kier alpha value is -4.13. The molecular weight excluding hydrogens is 550 g/mol. The van der Waals surface area contributed by atoms with Crippen molar-refractivity contribution in [3.05, 3.63) is 107 Å². The lowest BCUT2D eigenvalue weighted by Gasteiger charge is -2.48. The molecule has 2 aliphatic heterocycles. The van der Waals surface area contributed by atoms with Gasteiger partial charge in [0.1, 0.15) is 27.7 Å². The van der Waals surface area contributed by atoms with Crippen molar-refractivity contribution < 1.29 is 24.2 Å². The minimum atomic E-state index is -1.12. The molecule has 0 saturated carbocycles. The highest BCUT2D eigenvalue weighted by Gasteiger charge is 2.52. The van der Waals surface area contributed by atoms with Crippen LogP contribution < -0.4 is 5.73 Å². The number of hydrogen-bond donors (Lipinski definition) is 2. The minimum absolute atomic E-state index is 0.00461. The lowest BCUT2D eigenvalue weighted by molar-refractivity contribution is -0.153. The first-order valence-corrected chi connectivity index (χ1v) is 14.4. The lowest BCUT2D eigenvalue weighted by Crippen LogP contribution is -2.68. The smallest absolute Gasteiger partial charge is 0.356 e. The molecule has 3 N–H and O–H groups in total. The number of rotatable bonds is 8. The monoisotopic (exact) mass is 573 g/mol. The molecule has 4 aromatic rings. The standard InChI is InChI=1S/C28H23N5O5S2/c29-21-25(34)32-22(28(37)38-23(16-7-3-1-4-8-16)17-9-5-2-6-10-17)18(15-40-26(21)32)14-39-20-11-12-30-24-19(27(35)36)13-31-33(20)24/h1-13,21,23,26H,14-15,29H2,(H,35,36)/t21?,26-/m1/s1. The predicted octanol–water partition coefficient (Wildman–Crippen LogP) is 3.35. The van der Waals surface area contributed by atoms with Crippen molar-refractivity contribution in [2.75, 3.05) is 11.5 Å². The number of benzene rings is 2. The van der Waals surface area contributed by atoms with Crippen molar-refractivity contribution in [3.63, 3.8) is 0 Å². The van der Waals surface area contributed by atoms with E-state index in [1.54, 1.807) is 6.07 Å². The Morgan fingerprint density at radius 2 is 1.77 bits per heavy atom. The lowest BCUT2D eigenvalue weighted by atomic mass is 10.0. The number of thioether (sulfide) groups is 2.